The molecule has 1 aliphatic carbocycles. The number of ether oxygens (including phenoxy) is 1. The van der Waals surface area contributed by atoms with Gasteiger partial charge in [-0.3, -0.25) is 4.79 Å². The van der Waals surface area contributed by atoms with E-state index in [-0.39, 0.29) is 12.5 Å². The summed E-state index contributed by atoms with van der Waals surface area (Å²) in [5.41, 5.74) is 1.09. The van der Waals surface area contributed by atoms with Crippen molar-refractivity contribution in [3.63, 3.8) is 0 Å². The fourth-order valence-corrected chi connectivity index (χ4v) is 4.23. The van der Waals surface area contributed by atoms with E-state index in [4.69, 9.17) is 4.74 Å². The van der Waals surface area contributed by atoms with Crippen molar-refractivity contribution in [1.29, 1.82) is 0 Å². The van der Waals surface area contributed by atoms with Gasteiger partial charge in [0.05, 0.1) is 11.1 Å². The maximum Gasteiger partial charge on any atom is 0.248 e. The van der Waals surface area contributed by atoms with E-state index >= 15 is 0 Å². The molecule has 0 aromatic carbocycles. The van der Waals surface area contributed by atoms with Crippen molar-refractivity contribution in [1.82, 2.24) is 9.88 Å². The normalized spacial score (nSPS) is 23.7. The Hall–Kier alpha value is -0.940. The lowest BCUT2D eigenvalue weighted by Gasteiger charge is -2.32. The molecule has 0 unspecified atom stereocenters. The number of piperidine rings is 1. The number of hydrogen-bond acceptors (Lipinski definition) is 4. The van der Waals surface area contributed by atoms with E-state index in [0.717, 1.165) is 44.5 Å². The van der Waals surface area contributed by atoms with Gasteiger partial charge in [-0.15, -0.1) is 11.3 Å². The number of carbonyl (C=O) groups is 1. The molecule has 0 radical (unpaired) electrons. The van der Waals surface area contributed by atoms with Gasteiger partial charge < -0.3 is 9.64 Å². The Morgan fingerprint density at radius 1 is 1.38 bits per heavy atom. The molecule has 21 heavy (non-hydrogen) atoms. The third-order valence-corrected chi connectivity index (χ3v) is 5.63. The molecule has 1 saturated carbocycles. The SMILES string of the molecule is Cc1csc([C@@H]2CCCN(C(=O)COC3CCCC3)C2)n1. The molecule has 1 atom stereocenters. The number of likely N-dealkylation sites (tertiary alicyclic amines) is 1. The Balaban J connectivity index is 1.51. The average Bonchev–Trinajstić information content (AvgIpc) is 3.16. The largest absolute Gasteiger partial charge is 0.368 e. The van der Waals surface area contributed by atoms with Gasteiger partial charge in [-0.2, -0.15) is 0 Å². The molecule has 4 nitrogen and oxygen atoms in total. The third-order valence-electron chi connectivity index (χ3n) is 4.50. The first kappa shape index (κ1) is 15.0. The zero-order valence-corrected chi connectivity index (χ0v) is 13.5. The van der Waals surface area contributed by atoms with Crippen molar-refractivity contribution in [3.8, 4) is 0 Å². The molecule has 1 saturated heterocycles. The van der Waals surface area contributed by atoms with Gasteiger partial charge in [0, 0.05) is 30.1 Å². The minimum atomic E-state index is 0.153. The lowest BCUT2D eigenvalue weighted by Crippen LogP contribution is -2.41. The van der Waals surface area contributed by atoms with Crippen molar-refractivity contribution in [2.24, 2.45) is 0 Å². The van der Waals surface area contributed by atoms with Crippen LogP contribution in [0.3, 0.4) is 0 Å². The Morgan fingerprint density at radius 3 is 2.90 bits per heavy atom. The number of rotatable bonds is 4. The van der Waals surface area contributed by atoms with E-state index in [1.54, 1.807) is 11.3 Å². The van der Waals surface area contributed by atoms with Gasteiger partial charge in [0.1, 0.15) is 6.61 Å². The van der Waals surface area contributed by atoms with Crippen LogP contribution in [0.4, 0.5) is 0 Å². The summed E-state index contributed by atoms with van der Waals surface area (Å²) in [6, 6.07) is 0. The van der Waals surface area contributed by atoms with Crippen LogP contribution in [-0.2, 0) is 9.53 Å². The fraction of sp³-hybridized carbons (Fsp3) is 0.750. The Labute approximate surface area is 130 Å². The Kier molecular flexibility index (Phi) is 4.91. The van der Waals surface area contributed by atoms with Crippen molar-refractivity contribution in [2.45, 2.75) is 57.5 Å². The van der Waals surface area contributed by atoms with Gasteiger partial charge in [0.2, 0.25) is 5.91 Å². The summed E-state index contributed by atoms with van der Waals surface area (Å²) in [6.45, 7) is 3.96. The molecular weight excluding hydrogens is 284 g/mol. The quantitative estimate of drug-likeness (QED) is 0.858. The fourth-order valence-electron chi connectivity index (χ4n) is 3.30. The molecule has 3 rings (SSSR count). The first-order valence-corrected chi connectivity index (χ1v) is 8.92. The summed E-state index contributed by atoms with van der Waals surface area (Å²) in [6.07, 6.45) is 7.25. The first-order valence-electron chi connectivity index (χ1n) is 8.04. The van der Waals surface area contributed by atoms with Crippen LogP contribution in [0.5, 0.6) is 0 Å². The molecule has 0 spiro atoms. The van der Waals surface area contributed by atoms with E-state index in [9.17, 15) is 4.79 Å². The zero-order chi connectivity index (χ0) is 14.7. The number of nitrogens with zero attached hydrogens (tertiary/aromatic N) is 2. The summed E-state index contributed by atoms with van der Waals surface area (Å²) in [4.78, 5) is 18.9. The van der Waals surface area contributed by atoms with E-state index in [2.05, 4.69) is 10.4 Å². The highest BCUT2D eigenvalue weighted by molar-refractivity contribution is 7.09. The van der Waals surface area contributed by atoms with Gasteiger partial charge in [-0.1, -0.05) is 12.8 Å². The maximum absolute atomic E-state index is 12.3. The molecule has 1 aromatic rings. The van der Waals surface area contributed by atoms with Gasteiger partial charge >= 0.3 is 0 Å². The smallest absolute Gasteiger partial charge is 0.248 e. The topological polar surface area (TPSA) is 42.4 Å². The van der Waals surface area contributed by atoms with Crippen LogP contribution in [0.1, 0.15) is 55.1 Å². The third kappa shape index (κ3) is 3.83. The molecule has 1 aromatic heterocycles. The van der Waals surface area contributed by atoms with E-state index in [1.165, 1.54) is 17.8 Å². The van der Waals surface area contributed by atoms with Crippen molar-refractivity contribution >= 4 is 17.2 Å². The number of carbonyl (C=O) groups excluding carboxylic acids is 1. The second-order valence-corrected chi connectivity index (χ2v) is 7.11. The molecule has 1 aliphatic heterocycles. The standard InChI is InChI=1S/C16H24N2O2S/c1-12-11-21-16(17-12)13-5-4-8-18(9-13)15(19)10-20-14-6-2-3-7-14/h11,13-14H,2-10H2,1H3/t13-/m1/s1. The zero-order valence-electron chi connectivity index (χ0n) is 12.7. The monoisotopic (exact) mass is 308 g/mol. The van der Waals surface area contributed by atoms with Crippen molar-refractivity contribution in [2.75, 3.05) is 19.7 Å². The number of hydrogen-bond donors (Lipinski definition) is 0. The van der Waals surface area contributed by atoms with Crippen molar-refractivity contribution in [3.05, 3.63) is 16.1 Å². The van der Waals surface area contributed by atoms with Gasteiger partial charge in [-0.25, -0.2) is 4.98 Å². The molecule has 2 heterocycles. The summed E-state index contributed by atoms with van der Waals surface area (Å²) in [5.74, 6) is 0.563. The lowest BCUT2D eigenvalue weighted by atomic mass is 9.99. The van der Waals surface area contributed by atoms with Crippen LogP contribution in [0.25, 0.3) is 0 Å². The molecular formula is C16H24N2O2S. The first-order chi connectivity index (χ1) is 10.2. The van der Waals surface area contributed by atoms with Gasteiger partial charge in [-0.05, 0) is 32.6 Å². The second-order valence-electron chi connectivity index (χ2n) is 6.22. The molecule has 1 amide bonds. The number of amides is 1. The highest BCUT2D eigenvalue weighted by Gasteiger charge is 2.27. The summed E-state index contributed by atoms with van der Waals surface area (Å²) >= 11 is 1.72. The number of aromatic nitrogens is 1. The molecule has 0 N–H and O–H groups in total. The van der Waals surface area contributed by atoms with Crippen LogP contribution in [0.15, 0.2) is 5.38 Å². The van der Waals surface area contributed by atoms with Crippen LogP contribution >= 0.6 is 11.3 Å². The van der Waals surface area contributed by atoms with Gasteiger partial charge in [0.15, 0.2) is 0 Å². The summed E-state index contributed by atoms with van der Waals surface area (Å²) in [7, 11) is 0. The van der Waals surface area contributed by atoms with E-state index in [1.807, 2.05) is 11.8 Å². The van der Waals surface area contributed by atoms with Gasteiger partial charge in [0.25, 0.3) is 0 Å². The second kappa shape index (κ2) is 6.88. The minimum Gasteiger partial charge on any atom is -0.368 e. The van der Waals surface area contributed by atoms with Crippen molar-refractivity contribution < 1.29 is 9.53 Å². The average molecular weight is 308 g/mol. The van der Waals surface area contributed by atoms with Crippen LogP contribution in [-0.4, -0.2) is 41.6 Å². The molecule has 0 bridgehead atoms. The molecule has 2 aliphatic rings. The molecule has 5 heteroatoms. The van der Waals surface area contributed by atoms with Crippen LogP contribution < -0.4 is 0 Å². The Morgan fingerprint density at radius 2 is 2.19 bits per heavy atom. The Bertz CT molecular complexity index is 482. The van der Waals surface area contributed by atoms with E-state index in [0.29, 0.717) is 12.0 Å². The summed E-state index contributed by atoms with van der Waals surface area (Å²) < 4.78 is 5.76. The number of aryl methyl sites for hydroxylation is 1. The highest BCUT2D eigenvalue weighted by Crippen LogP contribution is 2.29. The number of thiazole rings is 1. The van der Waals surface area contributed by atoms with Crippen LogP contribution in [0.2, 0.25) is 0 Å². The van der Waals surface area contributed by atoms with E-state index < -0.39 is 0 Å². The minimum absolute atomic E-state index is 0.153. The summed E-state index contributed by atoms with van der Waals surface area (Å²) in [5, 5.41) is 3.28. The predicted molar refractivity (Wildman–Crippen MR) is 83.6 cm³/mol. The highest BCUT2D eigenvalue weighted by atomic mass is 32.1. The molecule has 2 fully saturated rings. The lowest BCUT2D eigenvalue weighted by molar-refractivity contribution is -0.139. The van der Waals surface area contributed by atoms with Crippen LogP contribution in [0, 0.1) is 6.92 Å². The maximum atomic E-state index is 12.3. The predicted octanol–water partition coefficient (Wildman–Crippen LogP) is 3.12. The molecule has 116 valence electrons.